The van der Waals surface area contributed by atoms with Crippen LogP contribution in [-0.4, -0.2) is 33.1 Å². The normalized spacial score (nSPS) is 13.2. The average Bonchev–Trinajstić information content (AvgIpc) is 3.38. The quantitative estimate of drug-likeness (QED) is 0.398. The first-order valence-corrected chi connectivity index (χ1v) is 11.5. The van der Waals surface area contributed by atoms with Crippen LogP contribution in [0.15, 0.2) is 61.1 Å². The average molecular weight is 466 g/mol. The molecule has 0 fully saturated rings. The molecule has 0 radical (unpaired) electrons. The van der Waals surface area contributed by atoms with E-state index in [1.807, 2.05) is 62.5 Å². The molecule has 0 amide bonds. The molecule has 7 heteroatoms. The van der Waals surface area contributed by atoms with Gasteiger partial charge in [0.2, 0.25) is 0 Å². The van der Waals surface area contributed by atoms with Crippen LogP contribution >= 0.6 is 0 Å². The fraction of sp³-hybridized carbons (Fsp3) is 0.370. The van der Waals surface area contributed by atoms with Crippen molar-refractivity contribution in [1.29, 1.82) is 0 Å². The van der Waals surface area contributed by atoms with Crippen molar-refractivity contribution in [2.24, 2.45) is 11.7 Å². The number of rotatable bonds is 9. The van der Waals surface area contributed by atoms with Crippen molar-refractivity contribution in [2.45, 2.75) is 59.1 Å². The summed E-state index contributed by atoms with van der Waals surface area (Å²) in [4.78, 5) is 29.5. The molecule has 1 heterocycles. The van der Waals surface area contributed by atoms with E-state index < -0.39 is 12.0 Å². The van der Waals surface area contributed by atoms with E-state index in [-0.39, 0.29) is 17.8 Å². The Morgan fingerprint density at radius 1 is 1.12 bits per heavy atom. The van der Waals surface area contributed by atoms with Gasteiger partial charge in [-0.15, -0.1) is 0 Å². The number of carbonyl (C=O) groups excluding carboxylic acids is 1. The van der Waals surface area contributed by atoms with E-state index in [0.717, 1.165) is 23.2 Å². The lowest BCUT2D eigenvalue weighted by molar-refractivity contribution is -0.149. The van der Waals surface area contributed by atoms with Gasteiger partial charge in [0.25, 0.3) is 0 Å². The molecule has 3 atom stereocenters. The van der Waals surface area contributed by atoms with E-state index in [2.05, 4.69) is 29.9 Å². The summed E-state index contributed by atoms with van der Waals surface area (Å²) >= 11 is 0. The molecule has 0 saturated carbocycles. The Morgan fingerprint density at radius 3 is 2.41 bits per heavy atom. The van der Waals surface area contributed by atoms with Crippen LogP contribution < -0.4 is 5.73 Å². The molecule has 0 bridgehead atoms. The summed E-state index contributed by atoms with van der Waals surface area (Å²) in [6.07, 6.45) is 4.73. The van der Waals surface area contributed by atoms with Gasteiger partial charge in [-0.2, -0.15) is 0 Å². The Kier molecular flexibility index (Phi) is 10.5. The van der Waals surface area contributed by atoms with Crippen molar-refractivity contribution in [3.8, 4) is 0 Å². The highest BCUT2D eigenvalue weighted by molar-refractivity contribution is 5.73. The Balaban J connectivity index is 0.000000287. The van der Waals surface area contributed by atoms with E-state index in [1.54, 1.807) is 6.33 Å². The monoisotopic (exact) mass is 465 g/mol. The standard InChI is InChI=1S/C18H24N2O2.C9H11NO2/c1-5-12(2)18(21)22-10-15-7-6-8-16(13(15)3)14(4)17-9-19-11-20-17;10-8(9(11)12)6-7-4-2-1-3-5-7/h6-9,11-12,14H,5,10H2,1-4H3,(H,19,20);1-5,8H,6,10H2,(H,11,12)/t12?,14-;/m0./s1. The molecule has 182 valence electrons. The number of nitrogens with two attached hydrogens (primary N) is 1. The van der Waals surface area contributed by atoms with Crippen LogP contribution in [0.2, 0.25) is 0 Å². The van der Waals surface area contributed by atoms with Crippen LogP contribution in [-0.2, 0) is 27.4 Å². The van der Waals surface area contributed by atoms with Crippen molar-refractivity contribution >= 4 is 11.9 Å². The third kappa shape index (κ3) is 7.85. The lowest BCUT2D eigenvalue weighted by Crippen LogP contribution is -2.32. The van der Waals surface area contributed by atoms with Crippen LogP contribution in [0.5, 0.6) is 0 Å². The fourth-order valence-electron chi connectivity index (χ4n) is 3.41. The third-order valence-corrected chi connectivity index (χ3v) is 5.94. The van der Waals surface area contributed by atoms with E-state index in [1.165, 1.54) is 11.1 Å². The predicted octanol–water partition coefficient (Wildman–Crippen LogP) is 4.60. The molecule has 1 aromatic heterocycles. The number of aliphatic carboxylic acids is 1. The summed E-state index contributed by atoms with van der Waals surface area (Å²) in [7, 11) is 0. The number of H-pyrrole nitrogens is 1. The second-order valence-electron chi connectivity index (χ2n) is 8.41. The van der Waals surface area contributed by atoms with E-state index in [9.17, 15) is 9.59 Å². The molecule has 34 heavy (non-hydrogen) atoms. The highest BCUT2D eigenvalue weighted by Gasteiger charge is 2.16. The van der Waals surface area contributed by atoms with Gasteiger partial charge in [-0.25, -0.2) is 4.98 Å². The highest BCUT2D eigenvalue weighted by Crippen LogP contribution is 2.27. The molecule has 0 saturated heterocycles. The second kappa shape index (κ2) is 13.3. The number of hydrogen-bond donors (Lipinski definition) is 3. The molecule has 2 unspecified atom stereocenters. The molecule has 0 aliphatic rings. The number of esters is 1. The summed E-state index contributed by atoms with van der Waals surface area (Å²) in [5.41, 5.74) is 10.8. The minimum atomic E-state index is -0.959. The summed E-state index contributed by atoms with van der Waals surface area (Å²) in [6.45, 7) is 8.44. The smallest absolute Gasteiger partial charge is 0.320 e. The maximum Gasteiger partial charge on any atom is 0.320 e. The number of carboxylic acid groups (broad SMARTS) is 1. The maximum atomic E-state index is 11.8. The number of nitrogens with zero attached hydrogens (tertiary/aromatic N) is 1. The topological polar surface area (TPSA) is 118 Å². The number of aromatic nitrogens is 2. The molecule has 0 aliphatic carbocycles. The number of ether oxygens (including phenoxy) is 1. The molecule has 3 aromatic rings. The van der Waals surface area contributed by atoms with Crippen molar-refractivity contribution in [3.05, 3.63) is 89.0 Å². The first-order valence-electron chi connectivity index (χ1n) is 11.5. The van der Waals surface area contributed by atoms with Gasteiger partial charge in [0, 0.05) is 17.8 Å². The molecule has 0 aliphatic heterocycles. The minimum Gasteiger partial charge on any atom is -0.480 e. The molecule has 4 N–H and O–H groups in total. The number of hydrogen-bond acceptors (Lipinski definition) is 5. The molecule has 2 aromatic carbocycles. The van der Waals surface area contributed by atoms with Crippen LogP contribution in [0.4, 0.5) is 0 Å². The Bertz CT molecular complexity index is 1040. The van der Waals surface area contributed by atoms with Crippen LogP contribution in [0.25, 0.3) is 0 Å². The van der Waals surface area contributed by atoms with Crippen LogP contribution in [0, 0.1) is 12.8 Å². The van der Waals surface area contributed by atoms with Crippen LogP contribution in [0.1, 0.15) is 61.1 Å². The van der Waals surface area contributed by atoms with E-state index in [4.69, 9.17) is 15.6 Å². The maximum absolute atomic E-state index is 11.8. The SMILES string of the molecule is CCC(C)C(=O)OCc1cccc([C@H](C)c2cnc[nH]2)c1C.NC(Cc1ccccc1)C(=O)O. The van der Waals surface area contributed by atoms with Crippen molar-refractivity contribution in [2.75, 3.05) is 0 Å². The van der Waals surface area contributed by atoms with Crippen molar-refractivity contribution in [1.82, 2.24) is 9.97 Å². The molecule has 0 spiro atoms. The first kappa shape index (κ1) is 26.8. The first-order chi connectivity index (χ1) is 16.2. The number of carboxylic acids is 1. The number of benzene rings is 2. The van der Waals surface area contributed by atoms with Gasteiger partial charge < -0.3 is 20.6 Å². The van der Waals surface area contributed by atoms with Gasteiger partial charge in [-0.1, -0.05) is 69.3 Å². The summed E-state index contributed by atoms with van der Waals surface area (Å²) in [5, 5.41) is 8.52. The van der Waals surface area contributed by atoms with E-state index in [0.29, 0.717) is 13.0 Å². The Hall–Kier alpha value is -3.45. The lowest BCUT2D eigenvalue weighted by atomic mass is 9.91. The molecular weight excluding hydrogens is 430 g/mol. The van der Waals surface area contributed by atoms with Gasteiger partial charge >= 0.3 is 11.9 Å². The highest BCUT2D eigenvalue weighted by atomic mass is 16.5. The minimum absolute atomic E-state index is 0.0487. The third-order valence-electron chi connectivity index (χ3n) is 5.94. The zero-order valence-electron chi connectivity index (χ0n) is 20.3. The largest absolute Gasteiger partial charge is 0.480 e. The van der Waals surface area contributed by atoms with Gasteiger partial charge in [0.05, 0.1) is 12.2 Å². The zero-order chi connectivity index (χ0) is 25.1. The Morgan fingerprint density at radius 2 is 1.82 bits per heavy atom. The number of nitrogens with one attached hydrogen (secondary N) is 1. The summed E-state index contributed by atoms with van der Waals surface area (Å²) in [5.74, 6) is -0.909. The molecule has 3 rings (SSSR count). The van der Waals surface area contributed by atoms with Crippen LogP contribution in [0.3, 0.4) is 0 Å². The Labute approximate surface area is 201 Å². The van der Waals surface area contributed by atoms with Gasteiger partial charge in [-0.3, -0.25) is 9.59 Å². The second-order valence-corrected chi connectivity index (χ2v) is 8.41. The summed E-state index contributed by atoms with van der Waals surface area (Å²) in [6, 6.07) is 14.7. The number of carbonyl (C=O) groups is 2. The van der Waals surface area contributed by atoms with E-state index >= 15 is 0 Å². The number of aromatic amines is 1. The van der Waals surface area contributed by atoms with Crippen molar-refractivity contribution < 1.29 is 19.4 Å². The number of imidazole rings is 1. The predicted molar refractivity (Wildman–Crippen MR) is 132 cm³/mol. The molecule has 7 nitrogen and oxygen atoms in total. The lowest BCUT2D eigenvalue weighted by Gasteiger charge is -2.17. The summed E-state index contributed by atoms with van der Waals surface area (Å²) < 4.78 is 5.43. The van der Waals surface area contributed by atoms with Crippen molar-refractivity contribution in [3.63, 3.8) is 0 Å². The van der Waals surface area contributed by atoms with Gasteiger partial charge in [0.15, 0.2) is 0 Å². The molecular formula is C27H35N3O4. The fourth-order valence-corrected chi connectivity index (χ4v) is 3.41. The van der Waals surface area contributed by atoms with Gasteiger partial charge in [-0.05, 0) is 42.0 Å². The zero-order valence-corrected chi connectivity index (χ0v) is 20.3. The van der Waals surface area contributed by atoms with Gasteiger partial charge in [0.1, 0.15) is 12.6 Å².